The van der Waals surface area contributed by atoms with E-state index >= 15 is 0 Å². The third-order valence-electron chi connectivity index (χ3n) is 6.73. The molecule has 0 bridgehead atoms. The lowest BCUT2D eigenvalue weighted by atomic mass is 9.92. The zero-order chi connectivity index (χ0) is 25.3. The maximum atomic E-state index is 14.9. The van der Waals surface area contributed by atoms with Gasteiger partial charge in [-0.2, -0.15) is 0 Å². The van der Waals surface area contributed by atoms with Gasteiger partial charge in [-0.05, 0) is 42.8 Å². The Kier molecular flexibility index (Phi) is 7.38. The molecule has 2 saturated heterocycles. The molecular formula is C27H34ClFN4O2. The molecule has 0 aromatic heterocycles. The second kappa shape index (κ2) is 10.2. The highest BCUT2D eigenvalue weighted by atomic mass is 35.5. The molecule has 6 nitrogen and oxygen atoms in total. The van der Waals surface area contributed by atoms with E-state index in [1.807, 2.05) is 59.7 Å². The Bertz CT molecular complexity index is 1090. The fraction of sp³-hybridized carbons (Fsp3) is 0.481. The molecule has 2 heterocycles. The zero-order valence-electron chi connectivity index (χ0n) is 20.9. The van der Waals surface area contributed by atoms with Crippen LogP contribution in [0.3, 0.4) is 0 Å². The molecule has 2 aliphatic heterocycles. The highest BCUT2D eigenvalue weighted by Crippen LogP contribution is 2.35. The van der Waals surface area contributed by atoms with E-state index in [-0.39, 0.29) is 23.9 Å². The van der Waals surface area contributed by atoms with Crippen molar-refractivity contribution in [2.45, 2.75) is 39.8 Å². The van der Waals surface area contributed by atoms with Gasteiger partial charge in [-0.3, -0.25) is 9.59 Å². The molecule has 2 aliphatic rings. The Morgan fingerprint density at radius 1 is 1.00 bits per heavy atom. The van der Waals surface area contributed by atoms with Gasteiger partial charge in [0.25, 0.3) is 5.91 Å². The topological polar surface area (TPSA) is 55.9 Å². The maximum absolute atomic E-state index is 14.9. The van der Waals surface area contributed by atoms with Gasteiger partial charge in [0, 0.05) is 61.3 Å². The predicted octanol–water partition coefficient (Wildman–Crippen LogP) is 4.35. The van der Waals surface area contributed by atoms with Crippen LogP contribution in [0.25, 0.3) is 0 Å². The number of hydrogen-bond donors (Lipinski definition) is 1. The van der Waals surface area contributed by atoms with Gasteiger partial charge in [-0.15, -0.1) is 0 Å². The summed E-state index contributed by atoms with van der Waals surface area (Å²) in [7, 11) is 0. The number of halogens is 2. The van der Waals surface area contributed by atoms with Crippen molar-refractivity contribution < 1.29 is 14.0 Å². The fourth-order valence-corrected chi connectivity index (χ4v) is 5.04. The number of piperazine rings is 2. The molecule has 2 aromatic rings. The summed E-state index contributed by atoms with van der Waals surface area (Å²) in [6.45, 7) is 11.4. The molecule has 4 rings (SSSR count). The molecule has 0 aliphatic carbocycles. The maximum Gasteiger partial charge on any atom is 0.253 e. The minimum absolute atomic E-state index is 0.0127. The second-order valence-corrected chi connectivity index (χ2v) is 11.0. The Labute approximate surface area is 212 Å². The Morgan fingerprint density at radius 2 is 1.71 bits per heavy atom. The van der Waals surface area contributed by atoms with Gasteiger partial charge in [-0.1, -0.05) is 44.5 Å². The summed E-state index contributed by atoms with van der Waals surface area (Å²) < 4.78 is 14.9. The molecule has 0 saturated carbocycles. The lowest BCUT2D eigenvalue weighted by Gasteiger charge is -2.44. The molecule has 2 amide bonds. The quantitative estimate of drug-likeness (QED) is 0.680. The summed E-state index contributed by atoms with van der Waals surface area (Å²) in [5, 5.41) is 3.69. The smallest absolute Gasteiger partial charge is 0.253 e. The van der Waals surface area contributed by atoms with Crippen molar-refractivity contribution in [1.29, 1.82) is 0 Å². The molecule has 8 heteroatoms. The van der Waals surface area contributed by atoms with Crippen LogP contribution in [0.5, 0.6) is 0 Å². The summed E-state index contributed by atoms with van der Waals surface area (Å²) >= 11 is 5.99. The number of anilines is 1. The van der Waals surface area contributed by atoms with E-state index < -0.39 is 11.2 Å². The van der Waals surface area contributed by atoms with Crippen LogP contribution >= 0.6 is 11.6 Å². The number of benzene rings is 2. The van der Waals surface area contributed by atoms with Gasteiger partial charge in [0.1, 0.15) is 5.82 Å². The van der Waals surface area contributed by atoms with Crippen molar-refractivity contribution in [2.75, 3.05) is 44.2 Å². The van der Waals surface area contributed by atoms with E-state index in [0.29, 0.717) is 49.0 Å². The summed E-state index contributed by atoms with van der Waals surface area (Å²) in [5.74, 6) is -0.310. The zero-order valence-corrected chi connectivity index (χ0v) is 21.6. The predicted molar refractivity (Wildman–Crippen MR) is 137 cm³/mol. The van der Waals surface area contributed by atoms with Gasteiger partial charge in [0.2, 0.25) is 5.91 Å². The van der Waals surface area contributed by atoms with Gasteiger partial charge in [0.15, 0.2) is 0 Å². The molecule has 2 fully saturated rings. The van der Waals surface area contributed by atoms with Crippen molar-refractivity contribution in [3.8, 4) is 0 Å². The van der Waals surface area contributed by atoms with Crippen LogP contribution in [-0.2, 0) is 4.79 Å². The number of hydrogen-bond acceptors (Lipinski definition) is 4. The molecule has 2 aromatic carbocycles. The van der Waals surface area contributed by atoms with Crippen LogP contribution in [-0.4, -0.2) is 66.9 Å². The molecule has 35 heavy (non-hydrogen) atoms. The Hall–Kier alpha value is -2.64. The van der Waals surface area contributed by atoms with Crippen molar-refractivity contribution >= 4 is 29.1 Å². The third kappa shape index (κ3) is 5.62. The fourth-order valence-electron chi connectivity index (χ4n) is 4.88. The Morgan fingerprint density at radius 3 is 2.34 bits per heavy atom. The van der Waals surface area contributed by atoms with Crippen molar-refractivity contribution in [1.82, 2.24) is 15.1 Å². The lowest BCUT2D eigenvalue weighted by molar-refractivity contribution is -0.140. The molecular weight excluding hydrogens is 467 g/mol. The van der Waals surface area contributed by atoms with Crippen molar-refractivity contribution in [3.05, 3.63) is 64.4 Å². The van der Waals surface area contributed by atoms with Gasteiger partial charge in [-0.25, -0.2) is 4.39 Å². The highest BCUT2D eigenvalue weighted by Gasteiger charge is 2.36. The van der Waals surface area contributed by atoms with Crippen LogP contribution < -0.4 is 10.2 Å². The average molecular weight is 501 g/mol. The van der Waals surface area contributed by atoms with Gasteiger partial charge in [0.05, 0.1) is 11.7 Å². The molecule has 1 unspecified atom stereocenters. The van der Waals surface area contributed by atoms with E-state index in [1.165, 1.54) is 6.07 Å². The van der Waals surface area contributed by atoms with Crippen molar-refractivity contribution in [2.24, 2.45) is 5.41 Å². The van der Waals surface area contributed by atoms with Crippen LogP contribution in [0.15, 0.2) is 42.5 Å². The molecule has 188 valence electrons. The van der Waals surface area contributed by atoms with E-state index in [4.69, 9.17) is 11.6 Å². The first-order valence-corrected chi connectivity index (χ1v) is 12.6. The summed E-state index contributed by atoms with van der Waals surface area (Å²) in [5.41, 5.74) is 1.51. The molecule has 0 radical (unpaired) electrons. The van der Waals surface area contributed by atoms with E-state index in [0.717, 1.165) is 12.1 Å². The first kappa shape index (κ1) is 25.5. The summed E-state index contributed by atoms with van der Waals surface area (Å²) in [4.78, 5) is 31.8. The SMILES string of the molecule is CC1CN(C(=O)c2ccc([C@@H]3CN(C(=O)C(C)(C)C)CCN3c3ccc(Cl)cc3F)cc2)CCN1. The number of rotatable bonds is 3. The number of carbonyl (C=O) groups excluding carboxylic acids is 2. The lowest BCUT2D eigenvalue weighted by Crippen LogP contribution is -2.53. The number of carbonyl (C=O) groups is 2. The number of nitrogens with zero attached hydrogens (tertiary/aromatic N) is 3. The standard InChI is InChI=1S/C27H34ClFN4O2/c1-18-16-31(12-11-30-18)25(34)20-7-5-19(6-8-20)24-17-32(26(35)27(2,3)4)13-14-33(24)23-10-9-21(28)15-22(23)29/h5-10,15,18,24,30H,11-14,16-17H2,1-4H3/t18?,24-/m0/s1. The summed E-state index contributed by atoms with van der Waals surface area (Å²) in [6, 6.07) is 12.2. The third-order valence-corrected chi connectivity index (χ3v) is 6.96. The van der Waals surface area contributed by atoms with Crippen LogP contribution in [0.4, 0.5) is 10.1 Å². The largest absolute Gasteiger partial charge is 0.359 e. The van der Waals surface area contributed by atoms with E-state index in [2.05, 4.69) is 12.2 Å². The minimum atomic E-state index is -0.505. The highest BCUT2D eigenvalue weighted by molar-refractivity contribution is 6.30. The van der Waals surface area contributed by atoms with Crippen LogP contribution in [0, 0.1) is 11.2 Å². The normalized spacial score (nSPS) is 21.3. The first-order chi connectivity index (χ1) is 16.5. The summed E-state index contributed by atoms with van der Waals surface area (Å²) in [6.07, 6.45) is 0. The van der Waals surface area contributed by atoms with Crippen LogP contribution in [0.2, 0.25) is 5.02 Å². The minimum Gasteiger partial charge on any atom is -0.359 e. The Balaban J connectivity index is 1.62. The van der Waals surface area contributed by atoms with Crippen molar-refractivity contribution in [3.63, 3.8) is 0 Å². The molecule has 0 spiro atoms. The van der Waals surface area contributed by atoms with E-state index in [9.17, 15) is 14.0 Å². The van der Waals surface area contributed by atoms with Gasteiger partial charge >= 0.3 is 0 Å². The van der Waals surface area contributed by atoms with Crippen LogP contribution in [0.1, 0.15) is 49.7 Å². The average Bonchev–Trinajstić information content (AvgIpc) is 2.82. The number of nitrogens with one attached hydrogen (secondary N) is 1. The van der Waals surface area contributed by atoms with E-state index in [1.54, 1.807) is 12.1 Å². The second-order valence-electron chi connectivity index (χ2n) is 10.5. The molecule has 1 N–H and O–H groups in total. The van der Waals surface area contributed by atoms with Gasteiger partial charge < -0.3 is 20.0 Å². The first-order valence-electron chi connectivity index (χ1n) is 12.2. The monoisotopic (exact) mass is 500 g/mol. The number of amides is 2. The molecule has 2 atom stereocenters.